The molecule has 1 atom stereocenters. The Morgan fingerprint density at radius 3 is 2.58 bits per heavy atom. The Balaban J connectivity index is 1.29. The van der Waals surface area contributed by atoms with Crippen LogP contribution < -0.4 is 4.90 Å². The zero-order chi connectivity index (χ0) is 24.4. The Labute approximate surface area is 211 Å². The topological polar surface area (TPSA) is 73.1 Å². The number of nitriles is 1. The summed E-state index contributed by atoms with van der Waals surface area (Å²) in [4.78, 5) is 27.2. The fourth-order valence-corrected chi connectivity index (χ4v) is 6.04. The number of carbonyl (C=O) groups excluding carboxylic acids is 1. The van der Waals surface area contributed by atoms with Gasteiger partial charge in [0.1, 0.15) is 11.9 Å². The second kappa shape index (κ2) is 8.30. The van der Waals surface area contributed by atoms with Gasteiger partial charge in [-0.1, -0.05) is 18.2 Å². The summed E-state index contributed by atoms with van der Waals surface area (Å²) in [5.74, 6) is 2.46. The smallest absolute Gasteiger partial charge is 0.226 e. The zero-order valence-corrected chi connectivity index (χ0v) is 20.8. The first-order valence-electron chi connectivity index (χ1n) is 13.5. The van der Waals surface area contributed by atoms with Gasteiger partial charge in [-0.05, 0) is 74.4 Å². The van der Waals surface area contributed by atoms with Crippen molar-refractivity contribution in [2.75, 3.05) is 24.5 Å². The SMILES string of the molecule is Cc1nccc2c(-c3cc(C#N)c(N4CCN(C(=O)C5CC5)C(C5CC5)C4)nc3C3CC3)cccc12. The molecule has 1 unspecified atom stereocenters. The Kier molecular flexibility index (Phi) is 5.02. The number of amides is 1. The molecule has 182 valence electrons. The number of aryl methyl sites for hydroxylation is 1. The van der Waals surface area contributed by atoms with Crippen molar-refractivity contribution in [3.05, 3.63) is 53.5 Å². The Hall–Kier alpha value is -3.46. The molecule has 4 aliphatic rings. The summed E-state index contributed by atoms with van der Waals surface area (Å²) in [7, 11) is 0. The number of anilines is 1. The van der Waals surface area contributed by atoms with Crippen molar-refractivity contribution in [3.8, 4) is 17.2 Å². The van der Waals surface area contributed by atoms with E-state index in [1.165, 1.54) is 12.8 Å². The molecular weight excluding hydrogens is 446 g/mol. The van der Waals surface area contributed by atoms with E-state index in [4.69, 9.17) is 4.98 Å². The number of aromatic nitrogens is 2. The molecule has 1 aromatic carbocycles. The van der Waals surface area contributed by atoms with Crippen molar-refractivity contribution < 1.29 is 4.79 Å². The van der Waals surface area contributed by atoms with Crippen LogP contribution in [0.4, 0.5) is 5.82 Å². The monoisotopic (exact) mass is 477 g/mol. The fourth-order valence-electron chi connectivity index (χ4n) is 6.04. The van der Waals surface area contributed by atoms with E-state index in [-0.39, 0.29) is 12.0 Å². The molecule has 6 heteroatoms. The summed E-state index contributed by atoms with van der Waals surface area (Å²) in [6.45, 7) is 4.30. The number of benzene rings is 1. The van der Waals surface area contributed by atoms with Crippen LogP contribution in [0.3, 0.4) is 0 Å². The third-order valence-corrected chi connectivity index (χ3v) is 8.51. The van der Waals surface area contributed by atoms with Crippen LogP contribution in [0, 0.1) is 30.1 Å². The molecule has 0 N–H and O–H groups in total. The first-order valence-corrected chi connectivity index (χ1v) is 13.5. The van der Waals surface area contributed by atoms with Crippen LogP contribution in [-0.4, -0.2) is 46.5 Å². The van der Waals surface area contributed by atoms with E-state index in [2.05, 4.69) is 51.2 Å². The standard InChI is InChI=1S/C30H31N5O/c1-18-23-3-2-4-24(25(23)11-12-32-18)26-15-22(16-31)29(33-28(26)20-7-8-20)34-13-14-35(30(36)21-9-10-21)27(17-34)19-5-6-19/h2-4,11-12,15,19-21,27H,5-10,13-14,17H2,1H3. The lowest BCUT2D eigenvalue weighted by Gasteiger charge is -2.43. The number of hydrogen-bond acceptors (Lipinski definition) is 5. The molecule has 3 heterocycles. The van der Waals surface area contributed by atoms with Crippen molar-refractivity contribution in [2.45, 2.75) is 57.4 Å². The highest BCUT2D eigenvalue weighted by Crippen LogP contribution is 2.47. The number of piperazine rings is 1. The van der Waals surface area contributed by atoms with Gasteiger partial charge in [-0.3, -0.25) is 9.78 Å². The van der Waals surface area contributed by atoms with Crippen LogP contribution in [0.1, 0.15) is 61.4 Å². The molecule has 1 amide bonds. The summed E-state index contributed by atoms with van der Waals surface area (Å²) in [6, 6.07) is 13.2. The molecule has 36 heavy (non-hydrogen) atoms. The van der Waals surface area contributed by atoms with E-state index in [9.17, 15) is 10.1 Å². The van der Waals surface area contributed by atoms with Gasteiger partial charge < -0.3 is 9.80 Å². The fraction of sp³-hybridized carbons (Fsp3) is 0.467. The average Bonchev–Trinajstić information content (AvgIpc) is 3.77. The minimum Gasteiger partial charge on any atom is -0.352 e. The maximum Gasteiger partial charge on any atom is 0.226 e. The molecule has 3 saturated carbocycles. The molecule has 1 saturated heterocycles. The van der Waals surface area contributed by atoms with Crippen molar-refractivity contribution >= 4 is 22.5 Å². The van der Waals surface area contributed by atoms with Crippen molar-refractivity contribution in [3.63, 3.8) is 0 Å². The second-order valence-electron chi connectivity index (χ2n) is 11.1. The number of hydrogen-bond donors (Lipinski definition) is 0. The molecular formula is C30H31N5O. The first kappa shape index (κ1) is 21.8. The summed E-state index contributed by atoms with van der Waals surface area (Å²) in [5.41, 5.74) is 4.97. The maximum atomic E-state index is 13.0. The Bertz CT molecular complexity index is 1410. The second-order valence-corrected chi connectivity index (χ2v) is 11.1. The van der Waals surface area contributed by atoms with Crippen molar-refractivity contribution in [1.82, 2.24) is 14.9 Å². The van der Waals surface area contributed by atoms with Crippen LogP contribution in [0.2, 0.25) is 0 Å². The molecule has 4 fully saturated rings. The molecule has 0 bridgehead atoms. The van der Waals surface area contributed by atoms with Gasteiger partial charge in [0.25, 0.3) is 0 Å². The molecule has 0 radical (unpaired) electrons. The first-order chi connectivity index (χ1) is 17.6. The maximum absolute atomic E-state index is 13.0. The van der Waals surface area contributed by atoms with E-state index < -0.39 is 0 Å². The summed E-state index contributed by atoms with van der Waals surface area (Å²) >= 11 is 0. The van der Waals surface area contributed by atoms with Gasteiger partial charge in [0, 0.05) is 54.3 Å². The molecule has 7 rings (SSSR count). The van der Waals surface area contributed by atoms with E-state index >= 15 is 0 Å². The van der Waals surface area contributed by atoms with E-state index in [1.807, 2.05) is 13.1 Å². The largest absolute Gasteiger partial charge is 0.352 e. The highest BCUT2D eigenvalue weighted by Gasteiger charge is 2.45. The van der Waals surface area contributed by atoms with Gasteiger partial charge in [0.05, 0.1) is 17.3 Å². The summed E-state index contributed by atoms with van der Waals surface area (Å²) in [5, 5.41) is 12.5. The zero-order valence-electron chi connectivity index (χ0n) is 20.8. The van der Waals surface area contributed by atoms with E-state index in [0.29, 0.717) is 23.3 Å². The van der Waals surface area contributed by atoms with Gasteiger partial charge in [-0.25, -0.2) is 4.98 Å². The lowest BCUT2D eigenvalue weighted by atomic mass is 9.94. The lowest BCUT2D eigenvalue weighted by molar-refractivity contribution is -0.135. The average molecular weight is 478 g/mol. The molecule has 3 aromatic rings. The highest BCUT2D eigenvalue weighted by molar-refractivity contribution is 5.98. The van der Waals surface area contributed by atoms with Gasteiger partial charge in [-0.15, -0.1) is 0 Å². The van der Waals surface area contributed by atoms with Gasteiger partial charge in [-0.2, -0.15) is 5.26 Å². The normalized spacial score (nSPS) is 22.1. The molecule has 2 aromatic heterocycles. The number of pyridine rings is 2. The lowest BCUT2D eigenvalue weighted by Crippen LogP contribution is -2.57. The van der Waals surface area contributed by atoms with Gasteiger partial charge in [0.15, 0.2) is 0 Å². The minimum absolute atomic E-state index is 0.248. The van der Waals surface area contributed by atoms with Crippen LogP contribution >= 0.6 is 0 Å². The summed E-state index contributed by atoms with van der Waals surface area (Å²) < 4.78 is 0. The molecule has 1 aliphatic heterocycles. The number of fused-ring (bicyclic) bond motifs is 1. The molecule has 6 nitrogen and oxygen atoms in total. The van der Waals surface area contributed by atoms with Crippen LogP contribution in [0.5, 0.6) is 0 Å². The Morgan fingerprint density at radius 1 is 1.03 bits per heavy atom. The number of rotatable bonds is 5. The van der Waals surface area contributed by atoms with Gasteiger partial charge in [0.2, 0.25) is 5.91 Å². The molecule has 3 aliphatic carbocycles. The predicted molar refractivity (Wildman–Crippen MR) is 140 cm³/mol. The van der Waals surface area contributed by atoms with Crippen LogP contribution in [-0.2, 0) is 4.79 Å². The third kappa shape index (κ3) is 3.73. The van der Waals surface area contributed by atoms with Crippen molar-refractivity contribution in [2.24, 2.45) is 11.8 Å². The third-order valence-electron chi connectivity index (χ3n) is 8.51. The Morgan fingerprint density at radius 2 is 1.86 bits per heavy atom. The van der Waals surface area contributed by atoms with Crippen LogP contribution in [0.25, 0.3) is 21.9 Å². The minimum atomic E-state index is 0.248. The van der Waals surface area contributed by atoms with E-state index in [1.54, 1.807) is 0 Å². The van der Waals surface area contributed by atoms with Crippen molar-refractivity contribution in [1.29, 1.82) is 5.26 Å². The number of carbonyl (C=O) groups is 1. The quantitative estimate of drug-likeness (QED) is 0.506. The van der Waals surface area contributed by atoms with E-state index in [0.717, 1.165) is 84.4 Å². The van der Waals surface area contributed by atoms with Gasteiger partial charge >= 0.3 is 0 Å². The number of nitrogens with zero attached hydrogens (tertiary/aromatic N) is 5. The predicted octanol–water partition coefficient (Wildman–Crippen LogP) is 5.19. The summed E-state index contributed by atoms with van der Waals surface area (Å²) in [6.07, 6.45) is 8.65. The van der Waals surface area contributed by atoms with Crippen LogP contribution in [0.15, 0.2) is 36.5 Å². The molecule has 0 spiro atoms. The highest BCUT2D eigenvalue weighted by atomic mass is 16.2.